The molecule has 0 N–H and O–H groups in total. The Morgan fingerprint density at radius 2 is 0.710 bits per heavy atom. The Morgan fingerprint density at radius 1 is 0.275 bits per heavy atom. The second kappa shape index (κ2) is 16.9. The summed E-state index contributed by atoms with van der Waals surface area (Å²) in [6.45, 7) is 0. The van der Waals surface area contributed by atoms with Gasteiger partial charge in [0.15, 0.2) is 0 Å². The molecular weight excluding hydrogens is 837 g/mol. The summed E-state index contributed by atoms with van der Waals surface area (Å²) >= 11 is 0. The zero-order valence-corrected chi connectivity index (χ0v) is 37.7. The summed E-state index contributed by atoms with van der Waals surface area (Å²) in [5.41, 5.74) is 20.2. The predicted octanol–water partition coefficient (Wildman–Crippen LogP) is 18.5. The molecule has 0 bridgehead atoms. The van der Waals surface area contributed by atoms with Gasteiger partial charge >= 0.3 is 0 Å². The Morgan fingerprint density at radius 3 is 1.38 bits per heavy atom. The van der Waals surface area contributed by atoms with Gasteiger partial charge in [-0.3, -0.25) is 0 Å². The summed E-state index contributed by atoms with van der Waals surface area (Å²) in [5, 5.41) is 4.77. The number of furan rings is 1. The SMILES string of the molecule is c1ccc(-c2ccc(-c3ccc(N(c4ccc(-c5cccc6c5oc5ccccc56)cc4)c4cccc(-c5ccc(-c6ccccc6-n6c7ccccc7c7ccccc76)cc5)c4)cc3)cc2)cc1. The molecule has 3 heteroatoms. The summed E-state index contributed by atoms with van der Waals surface area (Å²) in [7, 11) is 0. The molecule has 0 unspecified atom stereocenters. The Hall–Kier alpha value is -9.18. The smallest absolute Gasteiger partial charge is 0.143 e. The van der Waals surface area contributed by atoms with Gasteiger partial charge in [-0.25, -0.2) is 0 Å². The third-order valence-electron chi connectivity index (χ3n) is 13.7. The van der Waals surface area contributed by atoms with Crippen LogP contribution in [0.25, 0.3) is 105 Å². The van der Waals surface area contributed by atoms with E-state index in [2.05, 4.69) is 264 Å². The summed E-state index contributed by atoms with van der Waals surface area (Å²) < 4.78 is 8.87. The quantitative estimate of drug-likeness (QED) is 0.144. The molecule has 0 amide bonds. The van der Waals surface area contributed by atoms with Crippen molar-refractivity contribution in [2.75, 3.05) is 4.90 Å². The Bertz CT molecular complexity index is 3920. The van der Waals surface area contributed by atoms with Gasteiger partial charge in [0.2, 0.25) is 0 Å². The van der Waals surface area contributed by atoms with Gasteiger partial charge in [0.05, 0.1) is 16.7 Å². The summed E-state index contributed by atoms with van der Waals surface area (Å²) in [6.07, 6.45) is 0. The largest absolute Gasteiger partial charge is 0.455 e. The fourth-order valence-corrected chi connectivity index (χ4v) is 10.3. The first kappa shape index (κ1) is 40.1. The van der Waals surface area contributed by atoms with Crippen molar-refractivity contribution in [3.63, 3.8) is 0 Å². The van der Waals surface area contributed by atoms with Crippen LogP contribution < -0.4 is 4.90 Å². The number of benzene rings is 11. The van der Waals surface area contributed by atoms with Crippen molar-refractivity contribution in [1.82, 2.24) is 4.57 Å². The Balaban J connectivity index is 0.863. The van der Waals surface area contributed by atoms with E-state index in [1.807, 2.05) is 12.1 Å². The van der Waals surface area contributed by atoms with Crippen LogP contribution in [-0.4, -0.2) is 4.57 Å². The number of anilines is 3. The minimum atomic E-state index is 0.900. The lowest BCUT2D eigenvalue weighted by Crippen LogP contribution is -2.10. The molecule has 13 aromatic rings. The van der Waals surface area contributed by atoms with Crippen LogP contribution in [0.2, 0.25) is 0 Å². The van der Waals surface area contributed by atoms with E-state index < -0.39 is 0 Å². The average Bonchev–Trinajstić information content (AvgIpc) is 3.98. The molecule has 0 atom stereocenters. The first-order valence-electron chi connectivity index (χ1n) is 23.6. The molecule has 0 fully saturated rings. The lowest BCUT2D eigenvalue weighted by molar-refractivity contribution is 0.670. The lowest BCUT2D eigenvalue weighted by Gasteiger charge is -2.26. The number of hydrogen-bond acceptors (Lipinski definition) is 2. The normalized spacial score (nSPS) is 11.5. The van der Waals surface area contributed by atoms with Crippen molar-refractivity contribution in [2.45, 2.75) is 0 Å². The van der Waals surface area contributed by atoms with Crippen LogP contribution >= 0.6 is 0 Å². The van der Waals surface area contributed by atoms with E-state index >= 15 is 0 Å². The highest BCUT2D eigenvalue weighted by Crippen LogP contribution is 2.42. The fourth-order valence-electron chi connectivity index (χ4n) is 10.3. The highest BCUT2D eigenvalue weighted by Gasteiger charge is 2.18. The van der Waals surface area contributed by atoms with Crippen LogP contribution in [0, 0.1) is 0 Å². The van der Waals surface area contributed by atoms with Crippen LogP contribution in [-0.2, 0) is 0 Å². The lowest BCUT2D eigenvalue weighted by atomic mass is 9.98. The maximum atomic E-state index is 6.46. The maximum Gasteiger partial charge on any atom is 0.143 e. The molecule has 0 radical (unpaired) electrons. The topological polar surface area (TPSA) is 21.3 Å². The van der Waals surface area contributed by atoms with E-state index in [-0.39, 0.29) is 0 Å². The van der Waals surface area contributed by atoms with Crippen LogP contribution in [0.1, 0.15) is 0 Å². The molecule has 324 valence electrons. The van der Waals surface area contributed by atoms with Crippen molar-refractivity contribution >= 4 is 60.8 Å². The minimum absolute atomic E-state index is 0.900. The second-order valence-corrected chi connectivity index (χ2v) is 17.7. The van der Waals surface area contributed by atoms with Crippen molar-refractivity contribution in [3.05, 3.63) is 267 Å². The van der Waals surface area contributed by atoms with E-state index in [1.54, 1.807) is 0 Å². The van der Waals surface area contributed by atoms with Gasteiger partial charge in [-0.2, -0.15) is 0 Å². The number of rotatable bonds is 9. The predicted molar refractivity (Wildman–Crippen MR) is 290 cm³/mol. The molecule has 69 heavy (non-hydrogen) atoms. The molecule has 0 aliphatic carbocycles. The van der Waals surface area contributed by atoms with Crippen molar-refractivity contribution in [2.24, 2.45) is 0 Å². The molecule has 0 spiro atoms. The molecule has 11 aromatic carbocycles. The molecule has 2 aromatic heterocycles. The van der Waals surface area contributed by atoms with Crippen LogP contribution in [0.3, 0.4) is 0 Å². The van der Waals surface area contributed by atoms with E-state index in [4.69, 9.17) is 4.42 Å². The molecular formula is C66H44N2O. The molecule has 13 rings (SSSR count). The van der Waals surface area contributed by atoms with Crippen LogP contribution in [0.4, 0.5) is 17.1 Å². The summed E-state index contributed by atoms with van der Waals surface area (Å²) in [6, 6.07) is 96.0. The van der Waals surface area contributed by atoms with Gasteiger partial charge in [-0.1, -0.05) is 206 Å². The van der Waals surface area contributed by atoms with Crippen LogP contribution in [0.15, 0.2) is 271 Å². The standard InChI is InChI=1S/C66H44N2O/c1-2-14-45(15-3-1)46-28-30-47(31-29-46)48-36-40-53(41-37-48)67(54-42-38-51(39-43-54)57-22-13-23-61-60-21-7-11-27-65(60)69-66(57)61)55-17-12-16-52(44-55)49-32-34-50(35-33-49)56-18-4-8-24-62(56)68-63-25-9-5-19-58(63)59-20-6-10-26-64(59)68/h1-44H. The number of hydrogen-bond donors (Lipinski definition) is 0. The number of fused-ring (bicyclic) bond motifs is 6. The van der Waals surface area contributed by atoms with E-state index in [9.17, 15) is 0 Å². The monoisotopic (exact) mass is 880 g/mol. The first-order chi connectivity index (χ1) is 34.2. The maximum absolute atomic E-state index is 6.46. The number of nitrogens with zero attached hydrogens (tertiary/aromatic N) is 2. The molecule has 0 saturated carbocycles. The highest BCUT2D eigenvalue weighted by molar-refractivity contribution is 6.11. The second-order valence-electron chi connectivity index (χ2n) is 17.7. The first-order valence-corrected chi connectivity index (χ1v) is 23.6. The zero-order chi connectivity index (χ0) is 45.7. The van der Waals surface area contributed by atoms with Gasteiger partial charge < -0.3 is 13.9 Å². The van der Waals surface area contributed by atoms with E-state index in [0.717, 1.165) is 66.9 Å². The third-order valence-corrected chi connectivity index (χ3v) is 13.7. The van der Waals surface area contributed by atoms with Gasteiger partial charge in [0, 0.05) is 49.7 Å². The minimum Gasteiger partial charge on any atom is -0.455 e. The zero-order valence-electron chi connectivity index (χ0n) is 37.7. The number of para-hydroxylation sites is 5. The van der Waals surface area contributed by atoms with Crippen LogP contribution in [0.5, 0.6) is 0 Å². The van der Waals surface area contributed by atoms with Gasteiger partial charge in [0.1, 0.15) is 11.2 Å². The summed E-state index contributed by atoms with van der Waals surface area (Å²) in [5.74, 6) is 0. The molecule has 0 aliphatic heterocycles. The third kappa shape index (κ3) is 7.16. The van der Waals surface area contributed by atoms with E-state index in [0.29, 0.717) is 0 Å². The Labute approximate surface area is 401 Å². The Kier molecular flexibility index (Phi) is 9.84. The molecule has 0 saturated heterocycles. The molecule has 3 nitrogen and oxygen atoms in total. The van der Waals surface area contributed by atoms with Crippen molar-refractivity contribution in [3.8, 4) is 61.3 Å². The highest BCUT2D eigenvalue weighted by atomic mass is 16.3. The van der Waals surface area contributed by atoms with Gasteiger partial charge in [0.25, 0.3) is 0 Å². The number of aromatic nitrogens is 1. The van der Waals surface area contributed by atoms with E-state index in [1.165, 1.54) is 55.2 Å². The van der Waals surface area contributed by atoms with Gasteiger partial charge in [-0.05, 0) is 105 Å². The van der Waals surface area contributed by atoms with Gasteiger partial charge in [-0.15, -0.1) is 0 Å². The fraction of sp³-hybridized carbons (Fsp3) is 0. The average molecular weight is 881 g/mol. The molecule has 0 aliphatic rings. The summed E-state index contributed by atoms with van der Waals surface area (Å²) in [4.78, 5) is 2.35. The van der Waals surface area contributed by atoms with Crippen molar-refractivity contribution < 1.29 is 4.42 Å². The van der Waals surface area contributed by atoms with Crippen molar-refractivity contribution in [1.29, 1.82) is 0 Å². The molecule has 2 heterocycles.